The third-order valence-electron chi connectivity index (χ3n) is 9.95. The van der Waals surface area contributed by atoms with Gasteiger partial charge < -0.3 is 0 Å². The van der Waals surface area contributed by atoms with Crippen molar-refractivity contribution in [1.29, 1.82) is 0 Å². The van der Waals surface area contributed by atoms with E-state index in [2.05, 4.69) is 20.0 Å². The van der Waals surface area contributed by atoms with Gasteiger partial charge in [-0.05, 0) is 48.5 Å². The van der Waals surface area contributed by atoms with Crippen molar-refractivity contribution in [3.05, 3.63) is 140 Å². The van der Waals surface area contributed by atoms with Crippen LogP contribution in [0.5, 0.6) is 0 Å². The zero-order valence-corrected chi connectivity index (χ0v) is 23.7. The summed E-state index contributed by atoms with van der Waals surface area (Å²) in [5.74, 6) is -12.8. The number of aliphatic imine (C=N–C) groups is 4. The Balaban J connectivity index is 1.39. The van der Waals surface area contributed by atoms with Crippen LogP contribution >= 0.6 is 0 Å². The molecule has 0 saturated carbocycles. The van der Waals surface area contributed by atoms with E-state index in [1.807, 2.05) is 0 Å². The molecule has 0 radical (unpaired) electrons. The van der Waals surface area contributed by atoms with Crippen molar-refractivity contribution in [1.82, 2.24) is 0 Å². The monoisotopic (exact) mass is 668 g/mol. The fourth-order valence-corrected chi connectivity index (χ4v) is 8.24. The van der Waals surface area contributed by atoms with Gasteiger partial charge in [0, 0.05) is 0 Å². The SMILES string of the molecule is Fc1ccc(F)c2c1C1=NC3=[N+]4C(=NC5=[N+]6C(=NC7=[N+]8C(=NC2=[N+]1C846)c1c(F)ccc(F)c17)c1c(F)ccc(F)c15)c1c(F)ccc(F)c13. The van der Waals surface area contributed by atoms with E-state index in [4.69, 9.17) is 0 Å². The summed E-state index contributed by atoms with van der Waals surface area (Å²) in [6.45, 7) is 0. The lowest BCUT2D eigenvalue weighted by Gasteiger charge is -2.38. The Kier molecular flexibility index (Phi) is 3.96. The van der Waals surface area contributed by atoms with Crippen molar-refractivity contribution in [3.63, 3.8) is 0 Å². The summed E-state index contributed by atoms with van der Waals surface area (Å²) in [6.07, 6.45) is 0. The van der Waals surface area contributed by atoms with Gasteiger partial charge in [-0.2, -0.15) is 0 Å². The van der Waals surface area contributed by atoms with Crippen molar-refractivity contribution < 1.29 is 53.4 Å². The number of rotatable bonds is 0. The number of hydrogen-bond donors (Lipinski definition) is 0. The first-order valence-corrected chi connectivity index (χ1v) is 14.6. The minimum Gasteiger partial charge on any atom is -0.206 e. The summed E-state index contributed by atoms with van der Waals surface area (Å²) >= 11 is 0. The van der Waals surface area contributed by atoms with E-state index in [-0.39, 0.29) is 46.7 Å². The molecule has 49 heavy (non-hydrogen) atoms. The van der Waals surface area contributed by atoms with E-state index in [9.17, 15) is 0 Å². The number of halogens is 8. The first kappa shape index (κ1) is 25.7. The van der Waals surface area contributed by atoms with Crippen LogP contribution in [0.15, 0.2) is 68.5 Å². The normalized spacial score (nSPS) is 19.8. The molecule has 8 nitrogen and oxygen atoms in total. The van der Waals surface area contributed by atoms with E-state index in [0.717, 1.165) is 48.5 Å². The molecule has 16 heteroatoms. The lowest BCUT2D eigenvalue weighted by Crippen LogP contribution is -2.77. The van der Waals surface area contributed by atoms with Crippen molar-refractivity contribution >= 4 is 46.7 Å². The molecule has 0 unspecified atom stereocenters. The summed E-state index contributed by atoms with van der Waals surface area (Å²) in [4.78, 5) is 18.3. The van der Waals surface area contributed by atoms with Crippen molar-refractivity contribution in [3.8, 4) is 0 Å². The number of benzene rings is 4. The van der Waals surface area contributed by atoms with Gasteiger partial charge in [0.15, 0.2) is 0 Å². The Morgan fingerprint density at radius 3 is 0.694 bits per heavy atom. The van der Waals surface area contributed by atoms with E-state index < -0.39 is 97.0 Å². The molecule has 0 amide bonds. The van der Waals surface area contributed by atoms with Crippen LogP contribution in [0.25, 0.3) is 0 Å². The van der Waals surface area contributed by atoms with Crippen LogP contribution in [0, 0.1) is 46.5 Å². The van der Waals surface area contributed by atoms with Gasteiger partial charge in [-0.3, -0.25) is 0 Å². The molecule has 8 heterocycles. The summed E-state index contributed by atoms with van der Waals surface area (Å²) in [5.41, 5.74) is -3.35. The zero-order chi connectivity index (χ0) is 33.2. The maximum Gasteiger partial charge on any atom is 0.491 e. The fraction of sp³-hybridized carbons (Fsp3) is 0.0303. The van der Waals surface area contributed by atoms with Crippen LogP contribution in [-0.2, 0) is 0 Å². The number of fused-ring (bicyclic) bond motifs is 12. The molecule has 8 aliphatic heterocycles. The molecule has 4 aromatic carbocycles. The van der Waals surface area contributed by atoms with Gasteiger partial charge in [-0.15, -0.1) is 18.3 Å². The summed E-state index contributed by atoms with van der Waals surface area (Å²) < 4.78 is 132. The molecule has 12 rings (SSSR count). The van der Waals surface area contributed by atoms with Gasteiger partial charge in [-0.1, -0.05) is 20.0 Å². The minimum atomic E-state index is -2.32. The second-order valence-corrected chi connectivity index (χ2v) is 12.1. The van der Waals surface area contributed by atoms with E-state index >= 15 is 35.1 Å². The van der Waals surface area contributed by atoms with E-state index in [0.29, 0.717) is 0 Å². The minimum absolute atomic E-state index is 0.345. The zero-order valence-electron chi connectivity index (χ0n) is 23.7. The number of amidine groups is 8. The van der Waals surface area contributed by atoms with Crippen LogP contribution in [0.1, 0.15) is 44.5 Å². The molecular formula is C33H8F8N8+4. The lowest BCUT2D eigenvalue weighted by atomic mass is 10.0. The van der Waals surface area contributed by atoms with Crippen LogP contribution < -0.4 is 0 Å². The predicted molar refractivity (Wildman–Crippen MR) is 152 cm³/mol. The van der Waals surface area contributed by atoms with Crippen LogP contribution in [0.4, 0.5) is 35.1 Å². The van der Waals surface area contributed by atoms with Crippen LogP contribution in [0.2, 0.25) is 0 Å². The first-order valence-electron chi connectivity index (χ1n) is 14.6. The van der Waals surface area contributed by atoms with Gasteiger partial charge in [0.1, 0.15) is 91.0 Å². The highest BCUT2D eigenvalue weighted by molar-refractivity contribution is 6.30. The summed E-state index contributed by atoms with van der Waals surface area (Å²) in [6, 6.07) is 6.77. The van der Waals surface area contributed by atoms with Gasteiger partial charge in [-0.25, -0.2) is 35.1 Å². The Bertz CT molecular complexity index is 2470. The molecule has 232 valence electrons. The Labute approximate surface area is 265 Å². The van der Waals surface area contributed by atoms with Gasteiger partial charge in [0.25, 0.3) is 46.7 Å². The number of nitrogens with zero attached hydrogens (tertiary/aromatic N) is 8. The molecule has 0 aliphatic carbocycles. The highest BCUT2D eigenvalue weighted by Crippen LogP contribution is 2.48. The third-order valence-corrected chi connectivity index (χ3v) is 9.95. The average molecular weight is 668 g/mol. The molecule has 0 saturated heterocycles. The molecule has 8 aliphatic rings. The Hall–Kier alpha value is -6.32. The smallest absolute Gasteiger partial charge is 0.206 e. The Morgan fingerprint density at radius 1 is 0.306 bits per heavy atom. The van der Waals surface area contributed by atoms with Gasteiger partial charge >= 0.3 is 5.91 Å². The standard InChI is InChI=1S/C33H8F8N8/c34-9-1-2-10(35)18-17(9)25-42-27-19-11(36)3-4-12(37)20(19)29-44-31-23-15(40)7-8-16(41)24(23)32-45-30-22-14(39)6-5-13(38)21(22)28-43-26(18)46(25)33(47(27)29,48(28)30)49(31)32/h1-8H/q+4. The lowest BCUT2D eigenvalue weighted by molar-refractivity contribution is -1.06. The van der Waals surface area contributed by atoms with Crippen molar-refractivity contribution in [2.45, 2.75) is 5.91 Å². The van der Waals surface area contributed by atoms with Crippen molar-refractivity contribution in [2.24, 2.45) is 20.0 Å². The second kappa shape index (κ2) is 7.53. The molecule has 0 bridgehead atoms. The van der Waals surface area contributed by atoms with Crippen LogP contribution in [0.3, 0.4) is 0 Å². The molecular weight excluding hydrogens is 660 g/mol. The van der Waals surface area contributed by atoms with Crippen molar-refractivity contribution in [2.75, 3.05) is 0 Å². The van der Waals surface area contributed by atoms with Gasteiger partial charge in [0.2, 0.25) is 0 Å². The maximum absolute atomic E-state index is 15.9. The quantitative estimate of drug-likeness (QED) is 0.203. The first-order chi connectivity index (χ1) is 23.6. The molecule has 4 aromatic rings. The second-order valence-electron chi connectivity index (χ2n) is 12.1. The van der Waals surface area contributed by atoms with Crippen LogP contribution in [-0.4, -0.2) is 70.9 Å². The summed E-state index contributed by atoms with van der Waals surface area (Å²) in [7, 11) is 0. The van der Waals surface area contributed by atoms with Gasteiger partial charge in [0.05, 0.1) is 0 Å². The van der Waals surface area contributed by atoms with E-state index in [1.165, 1.54) is 18.3 Å². The molecule has 0 atom stereocenters. The fourth-order valence-electron chi connectivity index (χ4n) is 8.24. The molecule has 0 N–H and O–H groups in total. The largest absolute Gasteiger partial charge is 0.491 e. The number of hydrogen-bond acceptors (Lipinski definition) is 4. The average Bonchev–Trinajstić information content (AvgIpc) is 3.81. The third kappa shape index (κ3) is 2.39. The highest BCUT2D eigenvalue weighted by Gasteiger charge is 2.79. The summed E-state index contributed by atoms with van der Waals surface area (Å²) in [5, 5.41) is 0. The molecule has 1 spiro atoms. The Morgan fingerprint density at radius 2 is 0.490 bits per heavy atom. The predicted octanol–water partition coefficient (Wildman–Crippen LogP) is 3.64. The highest BCUT2D eigenvalue weighted by atomic mass is 19.2. The topological polar surface area (TPSA) is 61.5 Å². The molecule has 0 aromatic heterocycles. The maximum atomic E-state index is 15.9. The van der Waals surface area contributed by atoms with E-state index in [1.54, 1.807) is 0 Å². The molecule has 0 fully saturated rings.